The minimum atomic E-state index is -1.89. The van der Waals surface area contributed by atoms with Crippen molar-refractivity contribution in [2.75, 3.05) is 5.32 Å². The van der Waals surface area contributed by atoms with Crippen LogP contribution in [0.1, 0.15) is 26.3 Å². The van der Waals surface area contributed by atoms with Crippen LogP contribution in [0.15, 0.2) is 42.5 Å². The topological polar surface area (TPSA) is 64.9 Å². The molecule has 0 unspecified atom stereocenters. The van der Waals surface area contributed by atoms with Crippen molar-refractivity contribution < 1.29 is 4.43 Å². The highest BCUT2D eigenvalue weighted by atomic mass is 35.5. The minimum Gasteiger partial charge on any atom is -0.543 e. The fraction of sp³-hybridized carbons (Fsp3) is 0.350. The molecule has 154 valence electrons. The van der Waals surface area contributed by atoms with Crippen LogP contribution in [0, 0.1) is 0 Å². The Balaban J connectivity index is 1.76. The number of rotatable bonds is 6. The normalized spacial score (nSPS) is 12.1. The van der Waals surface area contributed by atoms with E-state index in [-0.39, 0.29) is 5.04 Å². The van der Waals surface area contributed by atoms with E-state index >= 15 is 0 Å². The Morgan fingerprint density at radius 1 is 1.10 bits per heavy atom. The van der Waals surface area contributed by atoms with Gasteiger partial charge >= 0.3 is 0 Å². The second kappa shape index (κ2) is 8.34. The third kappa shape index (κ3) is 4.91. The fourth-order valence-corrected chi connectivity index (χ4v) is 3.86. The Morgan fingerprint density at radius 2 is 1.83 bits per heavy atom. The van der Waals surface area contributed by atoms with Crippen LogP contribution in [-0.4, -0.2) is 28.5 Å². The van der Waals surface area contributed by atoms with E-state index in [1.807, 2.05) is 30.3 Å². The average molecular weight is 450 g/mol. The molecule has 0 radical (unpaired) electrons. The van der Waals surface area contributed by atoms with Crippen molar-refractivity contribution in [1.29, 1.82) is 0 Å². The van der Waals surface area contributed by atoms with Crippen molar-refractivity contribution in [2.45, 2.75) is 45.4 Å². The molecule has 1 heterocycles. The largest absolute Gasteiger partial charge is 0.543 e. The van der Waals surface area contributed by atoms with Gasteiger partial charge in [0.1, 0.15) is 5.75 Å². The van der Waals surface area contributed by atoms with E-state index in [4.69, 9.17) is 27.6 Å². The average Bonchev–Trinajstić information content (AvgIpc) is 3.09. The summed E-state index contributed by atoms with van der Waals surface area (Å²) in [6.45, 7) is 11.7. The lowest BCUT2D eigenvalue weighted by molar-refractivity contribution is 0.491. The van der Waals surface area contributed by atoms with Crippen LogP contribution in [-0.2, 0) is 6.54 Å². The van der Waals surface area contributed by atoms with Crippen molar-refractivity contribution in [3.63, 3.8) is 0 Å². The van der Waals surface area contributed by atoms with Gasteiger partial charge in [-0.3, -0.25) is 0 Å². The quantitative estimate of drug-likeness (QED) is 0.469. The number of hydrogen-bond acceptors (Lipinski definition) is 5. The number of aromatic nitrogens is 4. The van der Waals surface area contributed by atoms with Gasteiger partial charge in [-0.15, -0.1) is 0 Å². The number of nitrogens with zero attached hydrogens (tertiary/aromatic N) is 4. The molecule has 0 fully saturated rings. The molecule has 9 heteroatoms. The lowest BCUT2D eigenvalue weighted by atomic mass is 10.2. The van der Waals surface area contributed by atoms with Gasteiger partial charge in [0.05, 0.1) is 15.7 Å². The maximum absolute atomic E-state index is 6.40. The molecule has 0 bridgehead atoms. The molecule has 0 aliphatic carbocycles. The predicted octanol–water partition coefficient (Wildman–Crippen LogP) is 5.97. The molecular formula is C20H25Cl2N5OSi. The van der Waals surface area contributed by atoms with Gasteiger partial charge in [-0.05, 0) is 58.4 Å². The first-order valence-electron chi connectivity index (χ1n) is 9.33. The standard InChI is InChI=1S/C20H25Cl2N5OSi/c1-20(2,3)29(4,5)28-15-9-6-8-14(12-15)13-23-19-24-25-26-27(19)17-11-7-10-16(21)18(17)22/h6-12H,13H2,1-5H3,(H,23,24,26). The second-order valence-electron chi connectivity index (χ2n) is 8.35. The molecule has 29 heavy (non-hydrogen) atoms. The smallest absolute Gasteiger partial charge is 0.250 e. The van der Waals surface area contributed by atoms with Crippen LogP contribution in [0.25, 0.3) is 5.69 Å². The molecule has 3 rings (SSSR count). The molecule has 0 saturated heterocycles. The molecule has 0 spiro atoms. The van der Waals surface area contributed by atoms with Crippen molar-refractivity contribution >= 4 is 37.5 Å². The van der Waals surface area contributed by atoms with Crippen LogP contribution < -0.4 is 9.74 Å². The van der Waals surface area contributed by atoms with Gasteiger partial charge in [0.2, 0.25) is 14.3 Å². The number of nitrogens with one attached hydrogen (secondary N) is 1. The van der Waals surface area contributed by atoms with Crippen molar-refractivity contribution in [1.82, 2.24) is 20.2 Å². The Kier molecular flexibility index (Phi) is 6.21. The van der Waals surface area contributed by atoms with E-state index in [1.165, 1.54) is 4.68 Å². The van der Waals surface area contributed by atoms with Crippen LogP contribution >= 0.6 is 23.2 Å². The third-order valence-electron chi connectivity index (χ3n) is 5.16. The SMILES string of the molecule is CC(C)(C)[Si](C)(C)Oc1cccc(CNc2nnnn2-c2cccc(Cl)c2Cl)c1. The highest BCUT2D eigenvalue weighted by Crippen LogP contribution is 2.37. The molecule has 0 atom stereocenters. The zero-order valence-electron chi connectivity index (χ0n) is 17.2. The van der Waals surface area contributed by atoms with Crippen LogP contribution in [0.5, 0.6) is 5.75 Å². The first-order valence-corrected chi connectivity index (χ1v) is 13.0. The second-order valence-corrected chi connectivity index (χ2v) is 13.9. The molecule has 1 aromatic heterocycles. The van der Waals surface area contributed by atoms with Gasteiger partial charge in [0.25, 0.3) is 0 Å². The van der Waals surface area contributed by atoms with Gasteiger partial charge in [0, 0.05) is 6.54 Å². The minimum absolute atomic E-state index is 0.138. The van der Waals surface area contributed by atoms with Gasteiger partial charge in [-0.25, -0.2) is 0 Å². The van der Waals surface area contributed by atoms with E-state index in [9.17, 15) is 0 Å². The van der Waals surface area contributed by atoms with E-state index < -0.39 is 8.32 Å². The third-order valence-corrected chi connectivity index (χ3v) is 10.3. The summed E-state index contributed by atoms with van der Waals surface area (Å²) in [5.74, 6) is 1.36. The monoisotopic (exact) mass is 449 g/mol. The summed E-state index contributed by atoms with van der Waals surface area (Å²) in [6, 6.07) is 13.4. The molecule has 0 saturated carbocycles. The summed E-state index contributed by atoms with van der Waals surface area (Å²) in [5.41, 5.74) is 1.68. The lowest BCUT2D eigenvalue weighted by Gasteiger charge is -2.36. The van der Waals surface area contributed by atoms with Crippen molar-refractivity contribution in [3.05, 3.63) is 58.1 Å². The number of tetrazole rings is 1. The maximum atomic E-state index is 6.40. The van der Waals surface area contributed by atoms with E-state index in [1.54, 1.807) is 12.1 Å². The van der Waals surface area contributed by atoms with Gasteiger partial charge in [-0.1, -0.05) is 67.3 Å². The van der Waals surface area contributed by atoms with Crippen LogP contribution in [0.4, 0.5) is 5.95 Å². The number of anilines is 1. The maximum Gasteiger partial charge on any atom is 0.250 e. The van der Waals surface area contributed by atoms with Crippen LogP contribution in [0.3, 0.4) is 0 Å². The summed E-state index contributed by atoms with van der Waals surface area (Å²) in [4.78, 5) is 0. The highest BCUT2D eigenvalue weighted by Gasteiger charge is 2.38. The summed E-state index contributed by atoms with van der Waals surface area (Å²) >= 11 is 12.4. The van der Waals surface area contributed by atoms with Crippen molar-refractivity contribution in [3.8, 4) is 11.4 Å². The Labute approximate surface area is 182 Å². The number of hydrogen-bond donors (Lipinski definition) is 1. The number of benzene rings is 2. The number of halogens is 2. The first kappa shape index (κ1) is 21.6. The summed E-state index contributed by atoms with van der Waals surface area (Å²) in [5, 5.41) is 16.1. The Morgan fingerprint density at radius 3 is 2.55 bits per heavy atom. The lowest BCUT2D eigenvalue weighted by Crippen LogP contribution is -2.43. The van der Waals surface area contributed by atoms with Gasteiger partial charge in [-0.2, -0.15) is 4.68 Å². The van der Waals surface area contributed by atoms with E-state index in [0.717, 1.165) is 11.3 Å². The molecule has 3 aromatic rings. The summed E-state index contributed by atoms with van der Waals surface area (Å²) in [7, 11) is -1.89. The van der Waals surface area contributed by atoms with Gasteiger partial charge < -0.3 is 9.74 Å². The van der Waals surface area contributed by atoms with Gasteiger partial charge in [0.15, 0.2) is 0 Å². The first-order chi connectivity index (χ1) is 13.6. The fourth-order valence-electron chi connectivity index (χ4n) is 2.46. The molecule has 6 nitrogen and oxygen atoms in total. The zero-order chi connectivity index (χ0) is 21.2. The molecule has 0 aliphatic heterocycles. The van der Waals surface area contributed by atoms with Crippen LogP contribution in [0.2, 0.25) is 28.2 Å². The predicted molar refractivity (Wildman–Crippen MR) is 121 cm³/mol. The molecule has 0 aliphatic rings. The molecular weight excluding hydrogens is 425 g/mol. The summed E-state index contributed by atoms with van der Waals surface area (Å²) < 4.78 is 7.93. The molecule has 1 N–H and O–H groups in total. The Hall–Kier alpha value is -2.09. The zero-order valence-corrected chi connectivity index (χ0v) is 19.7. The van der Waals surface area contributed by atoms with E-state index in [0.29, 0.717) is 28.2 Å². The molecule has 0 amide bonds. The van der Waals surface area contributed by atoms with Crippen molar-refractivity contribution in [2.24, 2.45) is 0 Å². The molecule has 2 aromatic carbocycles. The highest BCUT2D eigenvalue weighted by molar-refractivity contribution is 6.74. The Bertz CT molecular complexity index is 1000. The van der Waals surface area contributed by atoms with E-state index in [2.05, 4.69) is 54.7 Å². The summed E-state index contributed by atoms with van der Waals surface area (Å²) in [6.07, 6.45) is 0.